The van der Waals surface area contributed by atoms with Crippen LogP contribution in [0.2, 0.25) is 0 Å². The minimum absolute atomic E-state index is 0.0321. The van der Waals surface area contributed by atoms with Crippen molar-refractivity contribution < 1.29 is 9.53 Å². The molecule has 2 heteroatoms. The molecule has 1 aliphatic carbocycles. The number of hydrogen-bond donors (Lipinski definition) is 0. The number of unbranched alkanes of at least 4 members (excludes halogenated alkanes) is 6. The van der Waals surface area contributed by atoms with Crippen molar-refractivity contribution in [3.8, 4) is 0 Å². The first-order valence-electron chi connectivity index (χ1n) is 8.31. The number of carbonyl (C=O) groups excluding carboxylic acids is 1. The van der Waals surface area contributed by atoms with Crippen LogP contribution in [0.25, 0.3) is 0 Å². The Balaban J connectivity index is 1.95. The van der Waals surface area contributed by atoms with Crippen LogP contribution in [0.3, 0.4) is 0 Å². The summed E-state index contributed by atoms with van der Waals surface area (Å²) in [6.07, 6.45) is 16.3. The van der Waals surface area contributed by atoms with Crippen molar-refractivity contribution >= 4 is 5.97 Å². The molecule has 0 aliphatic heterocycles. The van der Waals surface area contributed by atoms with E-state index in [1.165, 1.54) is 51.4 Å². The molecule has 0 heterocycles. The van der Waals surface area contributed by atoms with E-state index in [0.717, 1.165) is 32.1 Å². The van der Waals surface area contributed by atoms with Gasteiger partial charge in [-0.3, -0.25) is 4.79 Å². The highest BCUT2D eigenvalue weighted by Gasteiger charge is 2.16. The van der Waals surface area contributed by atoms with E-state index in [1.807, 2.05) is 0 Å². The topological polar surface area (TPSA) is 26.3 Å². The summed E-state index contributed by atoms with van der Waals surface area (Å²) in [7, 11) is 0. The van der Waals surface area contributed by atoms with E-state index in [9.17, 15) is 4.79 Å². The van der Waals surface area contributed by atoms with Crippen LogP contribution in [0.4, 0.5) is 0 Å². The number of rotatable bonds is 9. The Hall–Kier alpha value is -0.530. The van der Waals surface area contributed by atoms with Gasteiger partial charge < -0.3 is 4.74 Å². The van der Waals surface area contributed by atoms with Crippen LogP contribution in [0.5, 0.6) is 0 Å². The minimum Gasteiger partial charge on any atom is -0.462 e. The van der Waals surface area contributed by atoms with Gasteiger partial charge in [-0.2, -0.15) is 0 Å². The molecule has 0 N–H and O–H groups in total. The van der Waals surface area contributed by atoms with Crippen LogP contribution < -0.4 is 0 Å². The first-order valence-corrected chi connectivity index (χ1v) is 8.31. The minimum atomic E-state index is 0.0321. The van der Waals surface area contributed by atoms with Crippen LogP contribution in [-0.4, -0.2) is 12.1 Å². The molecule has 19 heavy (non-hydrogen) atoms. The summed E-state index contributed by atoms with van der Waals surface area (Å²) in [6, 6.07) is 0. The molecule has 0 aromatic carbocycles. The maximum absolute atomic E-state index is 11.7. The van der Waals surface area contributed by atoms with Gasteiger partial charge in [0, 0.05) is 6.42 Å². The molecule has 0 spiro atoms. The second-order valence-electron chi connectivity index (χ2n) is 5.83. The molecule has 1 radical (unpaired) electrons. The van der Waals surface area contributed by atoms with E-state index in [-0.39, 0.29) is 12.1 Å². The summed E-state index contributed by atoms with van der Waals surface area (Å²) < 4.78 is 5.57. The summed E-state index contributed by atoms with van der Waals surface area (Å²) in [4.78, 5) is 11.7. The summed E-state index contributed by atoms with van der Waals surface area (Å²) in [6.45, 7) is 3.84. The van der Waals surface area contributed by atoms with Gasteiger partial charge in [0.2, 0.25) is 0 Å². The highest BCUT2D eigenvalue weighted by Crippen LogP contribution is 2.20. The maximum atomic E-state index is 11.7. The van der Waals surface area contributed by atoms with E-state index < -0.39 is 0 Å². The Morgan fingerprint density at radius 1 is 0.895 bits per heavy atom. The van der Waals surface area contributed by atoms with Gasteiger partial charge in [0.1, 0.15) is 6.10 Å². The quantitative estimate of drug-likeness (QED) is 0.326. The lowest BCUT2D eigenvalue weighted by Gasteiger charge is -2.15. The Labute approximate surface area is 119 Å². The lowest BCUT2D eigenvalue weighted by molar-refractivity contribution is -0.149. The number of esters is 1. The van der Waals surface area contributed by atoms with Gasteiger partial charge in [-0.15, -0.1) is 0 Å². The number of carbonyl (C=O) groups is 1. The summed E-state index contributed by atoms with van der Waals surface area (Å²) in [5.74, 6) is 0.0321. The highest BCUT2D eigenvalue weighted by molar-refractivity contribution is 5.69. The Kier molecular flexibility index (Phi) is 9.84. The van der Waals surface area contributed by atoms with E-state index in [1.54, 1.807) is 0 Å². The second-order valence-corrected chi connectivity index (χ2v) is 5.83. The fourth-order valence-electron chi connectivity index (χ4n) is 2.76. The Bertz CT molecular complexity index is 217. The zero-order valence-electron chi connectivity index (χ0n) is 12.5. The summed E-state index contributed by atoms with van der Waals surface area (Å²) in [5, 5.41) is 0. The third-order valence-electron chi connectivity index (χ3n) is 3.98. The molecular formula is C17H31O2. The zero-order valence-corrected chi connectivity index (χ0v) is 12.5. The van der Waals surface area contributed by atoms with Gasteiger partial charge in [-0.05, 0) is 32.1 Å². The molecule has 2 nitrogen and oxygen atoms in total. The van der Waals surface area contributed by atoms with Crippen molar-refractivity contribution in [3.63, 3.8) is 0 Å². The molecule has 0 bridgehead atoms. The second kappa shape index (κ2) is 11.3. The van der Waals surface area contributed by atoms with Gasteiger partial charge in [0.05, 0.1) is 0 Å². The smallest absolute Gasteiger partial charge is 0.306 e. The van der Waals surface area contributed by atoms with E-state index in [2.05, 4.69) is 6.92 Å². The zero-order chi connectivity index (χ0) is 13.8. The molecule has 1 rings (SSSR count). The summed E-state index contributed by atoms with van der Waals surface area (Å²) >= 11 is 0. The predicted molar refractivity (Wildman–Crippen MR) is 79.9 cm³/mol. The van der Waals surface area contributed by atoms with Crippen molar-refractivity contribution in [2.24, 2.45) is 0 Å². The lowest BCUT2D eigenvalue weighted by Crippen LogP contribution is -2.17. The molecule has 0 aromatic heterocycles. The summed E-state index contributed by atoms with van der Waals surface area (Å²) in [5.41, 5.74) is 0. The monoisotopic (exact) mass is 267 g/mol. The van der Waals surface area contributed by atoms with Gasteiger partial charge >= 0.3 is 5.97 Å². The van der Waals surface area contributed by atoms with Crippen LogP contribution in [0.15, 0.2) is 0 Å². The molecule has 111 valence electrons. The van der Waals surface area contributed by atoms with Gasteiger partial charge in [-0.25, -0.2) is 0 Å². The highest BCUT2D eigenvalue weighted by atomic mass is 16.5. The number of hydrogen-bond acceptors (Lipinski definition) is 2. The SMILES string of the molecule is [CH2]CCCCCCCCC(=O)OC1CCCCCC1. The van der Waals surface area contributed by atoms with Crippen LogP contribution >= 0.6 is 0 Å². The van der Waals surface area contributed by atoms with Crippen LogP contribution in [0.1, 0.15) is 89.9 Å². The third-order valence-corrected chi connectivity index (χ3v) is 3.98. The Morgan fingerprint density at radius 2 is 1.47 bits per heavy atom. The molecule has 0 saturated heterocycles. The molecule has 0 aromatic rings. The maximum Gasteiger partial charge on any atom is 0.306 e. The molecule has 1 fully saturated rings. The van der Waals surface area contributed by atoms with Crippen LogP contribution in [0, 0.1) is 6.92 Å². The van der Waals surface area contributed by atoms with Gasteiger partial charge in [0.15, 0.2) is 0 Å². The molecule has 1 saturated carbocycles. The predicted octanol–water partition coefficient (Wildman–Crippen LogP) is 5.21. The first kappa shape index (κ1) is 16.5. The Morgan fingerprint density at radius 3 is 2.11 bits per heavy atom. The van der Waals surface area contributed by atoms with Crippen molar-refractivity contribution in [2.75, 3.05) is 0 Å². The molecule has 0 atom stereocenters. The largest absolute Gasteiger partial charge is 0.462 e. The fourth-order valence-corrected chi connectivity index (χ4v) is 2.76. The third kappa shape index (κ3) is 9.07. The number of ether oxygens (including phenoxy) is 1. The first-order chi connectivity index (χ1) is 9.33. The van der Waals surface area contributed by atoms with Crippen molar-refractivity contribution in [1.82, 2.24) is 0 Å². The van der Waals surface area contributed by atoms with E-state index in [4.69, 9.17) is 4.74 Å². The van der Waals surface area contributed by atoms with Gasteiger partial charge in [0.25, 0.3) is 0 Å². The molecule has 1 aliphatic rings. The average molecular weight is 267 g/mol. The lowest BCUT2D eigenvalue weighted by atomic mass is 10.1. The van der Waals surface area contributed by atoms with E-state index in [0.29, 0.717) is 6.42 Å². The van der Waals surface area contributed by atoms with E-state index >= 15 is 0 Å². The van der Waals surface area contributed by atoms with Gasteiger partial charge in [-0.1, -0.05) is 58.3 Å². The standard InChI is InChI=1S/C17H31O2/c1-2-3-4-5-6-7-12-15-17(18)19-16-13-10-8-9-11-14-16/h16H,1-15H2. The fraction of sp³-hybridized carbons (Fsp3) is 0.882. The average Bonchev–Trinajstić information content (AvgIpc) is 2.66. The van der Waals surface area contributed by atoms with Crippen LogP contribution in [-0.2, 0) is 9.53 Å². The molecular weight excluding hydrogens is 236 g/mol. The normalized spacial score (nSPS) is 17.1. The van der Waals surface area contributed by atoms with Crippen molar-refractivity contribution in [2.45, 2.75) is 96.0 Å². The molecule has 0 unspecified atom stereocenters. The molecule has 0 amide bonds. The van der Waals surface area contributed by atoms with Crippen molar-refractivity contribution in [1.29, 1.82) is 0 Å². The van der Waals surface area contributed by atoms with Crippen molar-refractivity contribution in [3.05, 3.63) is 6.92 Å².